The SMILES string of the molecule is Cc1ccc(S(=O)(=O)NC(C(C)(C)C)C(F)(F)F)cc1. The van der Waals surface area contributed by atoms with E-state index in [9.17, 15) is 21.6 Å². The maximum absolute atomic E-state index is 13.0. The number of rotatable bonds is 3. The smallest absolute Gasteiger partial charge is 0.207 e. The Hall–Kier alpha value is -1.08. The van der Waals surface area contributed by atoms with E-state index in [-0.39, 0.29) is 4.90 Å². The van der Waals surface area contributed by atoms with E-state index in [0.29, 0.717) is 0 Å². The van der Waals surface area contributed by atoms with Crippen LogP contribution in [0, 0.1) is 12.3 Å². The van der Waals surface area contributed by atoms with Crippen LogP contribution in [0.4, 0.5) is 13.2 Å². The molecule has 0 saturated carbocycles. The summed E-state index contributed by atoms with van der Waals surface area (Å²) in [6, 6.07) is 3.49. The first-order chi connectivity index (χ1) is 8.84. The topological polar surface area (TPSA) is 46.2 Å². The average Bonchev–Trinajstić information content (AvgIpc) is 2.23. The second-order valence-corrected chi connectivity index (χ2v) is 7.49. The Morgan fingerprint density at radius 1 is 1.05 bits per heavy atom. The molecule has 20 heavy (non-hydrogen) atoms. The molecule has 0 bridgehead atoms. The summed E-state index contributed by atoms with van der Waals surface area (Å²) >= 11 is 0. The molecule has 0 spiro atoms. The first-order valence-electron chi connectivity index (χ1n) is 6.00. The number of benzene rings is 1. The minimum Gasteiger partial charge on any atom is -0.207 e. The summed E-state index contributed by atoms with van der Waals surface area (Å²) in [5.74, 6) is 0. The molecule has 7 heteroatoms. The second-order valence-electron chi connectivity index (χ2n) is 5.77. The molecule has 1 aromatic carbocycles. The Morgan fingerprint density at radius 3 is 1.85 bits per heavy atom. The van der Waals surface area contributed by atoms with E-state index < -0.39 is 27.7 Å². The highest BCUT2D eigenvalue weighted by molar-refractivity contribution is 7.89. The van der Waals surface area contributed by atoms with Gasteiger partial charge in [0.15, 0.2) is 0 Å². The quantitative estimate of drug-likeness (QED) is 0.931. The first-order valence-corrected chi connectivity index (χ1v) is 7.48. The van der Waals surface area contributed by atoms with Gasteiger partial charge in [0.25, 0.3) is 0 Å². The number of alkyl halides is 3. The minimum atomic E-state index is -4.66. The monoisotopic (exact) mass is 309 g/mol. The van der Waals surface area contributed by atoms with E-state index in [1.807, 2.05) is 0 Å². The highest BCUT2D eigenvalue weighted by Crippen LogP contribution is 2.34. The highest BCUT2D eigenvalue weighted by atomic mass is 32.2. The van der Waals surface area contributed by atoms with Crippen molar-refractivity contribution in [2.24, 2.45) is 5.41 Å². The minimum absolute atomic E-state index is 0.179. The molecule has 1 aromatic rings. The molecule has 1 N–H and O–H groups in total. The van der Waals surface area contributed by atoms with Crippen molar-refractivity contribution < 1.29 is 21.6 Å². The average molecular weight is 309 g/mol. The van der Waals surface area contributed by atoms with Crippen LogP contribution in [0.5, 0.6) is 0 Å². The van der Waals surface area contributed by atoms with Crippen molar-refractivity contribution in [1.29, 1.82) is 0 Å². The van der Waals surface area contributed by atoms with Crippen LogP contribution in [-0.4, -0.2) is 20.6 Å². The predicted octanol–water partition coefficient (Wildman–Crippen LogP) is 3.25. The number of hydrogen-bond acceptors (Lipinski definition) is 2. The van der Waals surface area contributed by atoms with Gasteiger partial charge in [-0.15, -0.1) is 0 Å². The fourth-order valence-corrected chi connectivity index (χ4v) is 3.10. The van der Waals surface area contributed by atoms with Crippen LogP contribution in [0.25, 0.3) is 0 Å². The Kier molecular flexibility index (Phi) is 4.55. The van der Waals surface area contributed by atoms with Crippen LogP contribution in [0.2, 0.25) is 0 Å². The van der Waals surface area contributed by atoms with Crippen molar-refractivity contribution in [2.75, 3.05) is 0 Å². The van der Waals surface area contributed by atoms with Gasteiger partial charge in [0.2, 0.25) is 10.0 Å². The van der Waals surface area contributed by atoms with E-state index in [0.717, 1.165) is 5.56 Å². The van der Waals surface area contributed by atoms with Crippen LogP contribution < -0.4 is 4.72 Å². The summed E-state index contributed by atoms with van der Waals surface area (Å²) in [4.78, 5) is -0.179. The van der Waals surface area contributed by atoms with Crippen LogP contribution in [0.3, 0.4) is 0 Å². The molecule has 0 aliphatic rings. The van der Waals surface area contributed by atoms with Crippen molar-refractivity contribution >= 4 is 10.0 Å². The Morgan fingerprint density at radius 2 is 1.50 bits per heavy atom. The van der Waals surface area contributed by atoms with Gasteiger partial charge in [-0.25, -0.2) is 8.42 Å². The fourth-order valence-electron chi connectivity index (χ4n) is 1.68. The third kappa shape index (κ3) is 4.21. The molecule has 1 unspecified atom stereocenters. The Bertz CT molecular complexity index is 543. The van der Waals surface area contributed by atoms with E-state index in [1.54, 1.807) is 11.6 Å². The van der Waals surface area contributed by atoms with Crippen molar-refractivity contribution in [2.45, 2.75) is 44.8 Å². The van der Waals surface area contributed by atoms with Crippen LogP contribution >= 0.6 is 0 Å². The van der Waals surface area contributed by atoms with Gasteiger partial charge in [-0.3, -0.25) is 0 Å². The van der Waals surface area contributed by atoms with Gasteiger partial charge >= 0.3 is 6.18 Å². The van der Waals surface area contributed by atoms with E-state index >= 15 is 0 Å². The van der Waals surface area contributed by atoms with Gasteiger partial charge in [0.05, 0.1) is 4.90 Å². The van der Waals surface area contributed by atoms with E-state index in [4.69, 9.17) is 0 Å². The zero-order valence-electron chi connectivity index (χ0n) is 11.7. The summed E-state index contributed by atoms with van der Waals surface area (Å²) < 4.78 is 64.8. The van der Waals surface area contributed by atoms with Crippen molar-refractivity contribution in [3.8, 4) is 0 Å². The predicted molar refractivity (Wildman–Crippen MR) is 70.8 cm³/mol. The second kappa shape index (κ2) is 5.37. The first kappa shape index (κ1) is 17.0. The van der Waals surface area contributed by atoms with Crippen LogP contribution in [0.15, 0.2) is 29.2 Å². The van der Waals surface area contributed by atoms with Crippen molar-refractivity contribution in [3.05, 3.63) is 29.8 Å². The number of halogens is 3. The molecule has 0 fully saturated rings. The molecule has 1 rings (SSSR count). The summed E-state index contributed by atoms with van der Waals surface area (Å²) in [6.07, 6.45) is -4.66. The highest BCUT2D eigenvalue weighted by Gasteiger charge is 2.48. The van der Waals surface area contributed by atoms with Gasteiger partial charge in [-0.05, 0) is 24.5 Å². The lowest BCUT2D eigenvalue weighted by Gasteiger charge is -2.32. The molecule has 0 aromatic heterocycles. The zero-order valence-corrected chi connectivity index (χ0v) is 12.6. The zero-order chi connectivity index (χ0) is 15.8. The number of aryl methyl sites for hydroxylation is 1. The fraction of sp³-hybridized carbons (Fsp3) is 0.538. The molecule has 0 aliphatic carbocycles. The van der Waals surface area contributed by atoms with Gasteiger partial charge in [0.1, 0.15) is 6.04 Å². The van der Waals surface area contributed by atoms with Gasteiger partial charge < -0.3 is 0 Å². The number of nitrogens with one attached hydrogen (secondary N) is 1. The van der Waals surface area contributed by atoms with Crippen molar-refractivity contribution in [3.63, 3.8) is 0 Å². The lowest BCUT2D eigenvalue weighted by atomic mass is 9.87. The summed E-state index contributed by atoms with van der Waals surface area (Å²) in [6.45, 7) is 5.77. The molecule has 114 valence electrons. The maximum atomic E-state index is 13.0. The summed E-state index contributed by atoms with van der Waals surface area (Å²) in [5, 5.41) is 0. The maximum Gasteiger partial charge on any atom is 0.405 e. The van der Waals surface area contributed by atoms with Gasteiger partial charge in [-0.1, -0.05) is 38.5 Å². The molecule has 0 saturated heterocycles. The molecular formula is C13H18F3NO2S. The van der Waals surface area contributed by atoms with E-state index in [2.05, 4.69) is 0 Å². The molecular weight excluding hydrogens is 291 g/mol. The third-order valence-corrected chi connectivity index (χ3v) is 4.24. The Labute approximate surface area is 117 Å². The largest absolute Gasteiger partial charge is 0.405 e. The number of sulfonamides is 1. The van der Waals surface area contributed by atoms with Gasteiger partial charge in [-0.2, -0.15) is 17.9 Å². The third-order valence-electron chi connectivity index (χ3n) is 2.80. The number of hydrogen-bond donors (Lipinski definition) is 1. The summed E-state index contributed by atoms with van der Waals surface area (Å²) in [7, 11) is -4.21. The molecule has 1 atom stereocenters. The molecule has 3 nitrogen and oxygen atoms in total. The van der Waals surface area contributed by atoms with Crippen molar-refractivity contribution in [1.82, 2.24) is 4.72 Å². The molecule has 0 radical (unpaired) electrons. The van der Waals surface area contributed by atoms with Crippen LogP contribution in [0.1, 0.15) is 26.3 Å². The standard InChI is InChI=1S/C13H18F3NO2S/c1-9-5-7-10(8-6-9)20(18,19)17-11(12(2,3)4)13(14,15)16/h5-8,11,17H,1-4H3. The van der Waals surface area contributed by atoms with Gasteiger partial charge in [0, 0.05) is 0 Å². The molecule has 0 aliphatic heterocycles. The Balaban J connectivity index is 3.13. The van der Waals surface area contributed by atoms with E-state index in [1.165, 1.54) is 45.0 Å². The molecule has 0 heterocycles. The molecule has 0 amide bonds. The lowest BCUT2D eigenvalue weighted by molar-refractivity contribution is -0.172. The lowest BCUT2D eigenvalue weighted by Crippen LogP contribution is -2.52. The normalized spacial score (nSPS) is 15.2. The van der Waals surface area contributed by atoms with Crippen LogP contribution in [-0.2, 0) is 10.0 Å². The summed E-state index contributed by atoms with van der Waals surface area (Å²) in [5.41, 5.74) is -0.456.